The van der Waals surface area contributed by atoms with E-state index < -0.39 is 0 Å². The van der Waals surface area contributed by atoms with Gasteiger partial charge < -0.3 is 15.0 Å². The van der Waals surface area contributed by atoms with E-state index in [-0.39, 0.29) is 12.5 Å². The van der Waals surface area contributed by atoms with E-state index in [1.165, 1.54) is 12.8 Å². The Balaban J connectivity index is 2.07. The Kier molecular flexibility index (Phi) is 7.21. The average Bonchev–Trinajstić information content (AvgIpc) is 2.56. The second-order valence-electron chi connectivity index (χ2n) is 4.96. The number of carbonyl (C=O) groups excluding carboxylic acids is 1. The minimum absolute atomic E-state index is 0.149. The third-order valence-corrected chi connectivity index (χ3v) is 2.98. The molecule has 1 heterocycles. The number of rotatable bonds is 6. The highest BCUT2D eigenvalue weighted by molar-refractivity contribution is 5.77. The van der Waals surface area contributed by atoms with Gasteiger partial charge in [0.1, 0.15) is 6.61 Å². The highest BCUT2D eigenvalue weighted by Crippen LogP contribution is 2.09. The second-order valence-corrected chi connectivity index (χ2v) is 4.96. The lowest BCUT2D eigenvalue weighted by Gasteiger charge is -2.20. The molecule has 0 radical (unpaired) electrons. The van der Waals surface area contributed by atoms with Gasteiger partial charge in [0.15, 0.2) is 0 Å². The molecule has 1 aliphatic rings. The molecule has 4 heteroatoms. The highest BCUT2D eigenvalue weighted by Gasteiger charge is 2.14. The highest BCUT2D eigenvalue weighted by atomic mass is 16.5. The molecule has 0 saturated carbocycles. The number of nitrogens with zero attached hydrogens (tertiary/aromatic N) is 1. The Morgan fingerprint density at radius 1 is 1.24 bits per heavy atom. The van der Waals surface area contributed by atoms with E-state index in [4.69, 9.17) is 4.74 Å². The van der Waals surface area contributed by atoms with Crippen LogP contribution in [0.3, 0.4) is 0 Å². The Labute approximate surface area is 105 Å². The van der Waals surface area contributed by atoms with Crippen molar-refractivity contribution in [1.82, 2.24) is 10.2 Å². The van der Waals surface area contributed by atoms with Crippen LogP contribution in [-0.2, 0) is 9.53 Å². The van der Waals surface area contributed by atoms with Crippen LogP contribution in [0, 0.1) is 0 Å². The third kappa shape index (κ3) is 6.64. The van der Waals surface area contributed by atoms with Crippen LogP contribution in [-0.4, -0.2) is 49.7 Å². The second kappa shape index (κ2) is 8.48. The minimum Gasteiger partial charge on any atom is -0.370 e. The topological polar surface area (TPSA) is 41.6 Å². The molecule has 0 aliphatic carbocycles. The zero-order valence-corrected chi connectivity index (χ0v) is 11.2. The molecule has 0 aromatic rings. The van der Waals surface area contributed by atoms with E-state index in [9.17, 15) is 4.79 Å². The van der Waals surface area contributed by atoms with Crippen LogP contribution in [0.4, 0.5) is 0 Å². The quantitative estimate of drug-likeness (QED) is 0.716. The number of ether oxygens (including phenoxy) is 1. The van der Waals surface area contributed by atoms with E-state index in [0.29, 0.717) is 12.6 Å². The molecule has 1 saturated heterocycles. The van der Waals surface area contributed by atoms with Gasteiger partial charge >= 0.3 is 0 Å². The van der Waals surface area contributed by atoms with Gasteiger partial charge in [-0.3, -0.25) is 4.79 Å². The lowest BCUT2D eigenvalue weighted by Crippen LogP contribution is -2.35. The SMILES string of the molecule is CC(C)NCCOCC(=O)N1CCCCCC1. The molecule has 17 heavy (non-hydrogen) atoms. The number of carbonyl (C=O) groups is 1. The van der Waals surface area contributed by atoms with E-state index in [0.717, 1.165) is 32.5 Å². The Bertz CT molecular complexity index is 211. The lowest BCUT2D eigenvalue weighted by molar-refractivity contribution is -0.136. The van der Waals surface area contributed by atoms with Crippen molar-refractivity contribution in [1.29, 1.82) is 0 Å². The molecule has 0 aromatic heterocycles. The summed E-state index contributed by atoms with van der Waals surface area (Å²) in [6, 6.07) is 0.472. The fourth-order valence-electron chi connectivity index (χ4n) is 1.99. The zero-order valence-electron chi connectivity index (χ0n) is 11.2. The van der Waals surface area contributed by atoms with Gasteiger partial charge in [0.2, 0.25) is 5.91 Å². The standard InChI is InChI=1S/C13H26N2O2/c1-12(2)14-7-10-17-11-13(16)15-8-5-3-4-6-9-15/h12,14H,3-11H2,1-2H3. The van der Waals surface area contributed by atoms with Gasteiger partial charge in [0.25, 0.3) is 0 Å². The zero-order chi connectivity index (χ0) is 12.5. The number of hydrogen-bond donors (Lipinski definition) is 1. The van der Waals surface area contributed by atoms with Gasteiger partial charge in [-0.1, -0.05) is 26.7 Å². The summed E-state index contributed by atoms with van der Waals surface area (Å²) in [5, 5.41) is 3.26. The fraction of sp³-hybridized carbons (Fsp3) is 0.923. The summed E-state index contributed by atoms with van der Waals surface area (Å²) >= 11 is 0. The van der Waals surface area contributed by atoms with Crippen molar-refractivity contribution < 1.29 is 9.53 Å². The number of amides is 1. The van der Waals surface area contributed by atoms with Gasteiger partial charge in [-0.05, 0) is 12.8 Å². The molecule has 0 aromatic carbocycles. The molecule has 0 bridgehead atoms. The molecule has 0 atom stereocenters. The summed E-state index contributed by atoms with van der Waals surface area (Å²) in [7, 11) is 0. The number of nitrogens with one attached hydrogen (secondary N) is 1. The van der Waals surface area contributed by atoms with Crippen LogP contribution in [0.1, 0.15) is 39.5 Å². The summed E-state index contributed by atoms with van der Waals surface area (Å²) in [4.78, 5) is 13.8. The molecule has 1 rings (SSSR count). The Morgan fingerprint density at radius 2 is 1.88 bits per heavy atom. The van der Waals surface area contributed by atoms with Crippen molar-refractivity contribution in [3.8, 4) is 0 Å². The van der Waals surface area contributed by atoms with Crippen molar-refractivity contribution in [2.24, 2.45) is 0 Å². The molecule has 1 amide bonds. The number of likely N-dealkylation sites (tertiary alicyclic amines) is 1. The average molecular weight is 242 g/mol. The molecule has 100 valence electrons. The van der Waals surface area contributed by atoms with Gasteiger partial charge in [-0.15, -0.1) is 0 Å². The summed E-state index contributed by atoms with van der Waals surface area (Å²) in [5.74, 6) is 0.149. The van der Waals surface area contributed by atoms with Crippen LogP contribution in [0.5, 0.6) is 0 Å². The maximum absolute atomic E-state index is 11.8. The largest absolute Gasteiger partial charge is 0.370 e. The first-order valence-corrected chi connectivity index (χ1v) is 6.79. The van der Waals surface area contributed by atoms with Crippen molar-refractivity contribution >= 4 is 5.91 Å². The molecule has 1 N–H and O–H groups in total. The molecule has 4 nitrogen and oxygen atoms in total. The Hall–Kier alpha value is -0.610. The first kappa shape index (κ1) is 14.5. The fourth-order valence-corrected chi connectivity index (χ4v) is 1.99. The summed E-state index contributed by atoms with van der Waals surface area (Å²) < 4.78 is 5.39. The predicted molar refractivity (Wildman–Crippen MR) is 69.0 cm³/mol. The van der Waals surface area contributed by atoms with Crippen molar-refractivity contribution in [3.63, 3.8) is 0 Å². The van der Waals surface area contributed by atoms with Crippen LogP contribution in [0.25, 0.3) is 0 Å². The minimum atomic E-state index is 0.149. The maximum Gasteiger partial charge on any atom is 0.248 e. The Morgan fingerprint density at radius 3 is 2.47 bits per heavy atom. The maximum atomic E-state index is 11.8. The van der Waals surface area contributed by atoms with Gasteiger partial charge in [0.05, 0.1) is 6.61 Å². The molecule has 1 aliphatic heterocycles. The first-order valence-electron chi connectivity index (χ1n) is 6.79. The van der Waals surface area contributed by atoms with E-state index in [2.05, 4.69) is 19.2 Å². The predicted octanol–water partition coefficient (Wildman–Crippen LogP) is 1.40. The van der Waals surface area contributed by atoms with E-state index in [1.54, 1.807) is 0 Å². The molecule has 1 fully saturated rings. The third-order valence-electron chi connectivity index (χ3n) is 2.98. The van der Waals surface area contributed by atoms with Crippen molar-refractivity contribution in [2.45, 2.75) is 45.6 Å². The first-order chi connectivity index (χ1) is 8.20. The number of hydrogen-bond acceptors (Lipinski definition) is 3. The van der Waals surface area contributed by atoms with Crippen LogP contribution < -0.4 is 5.32 Å². The van der Waals surface area contributed by atoms with Gasteiger partial charge in [-0.2, -0.15) is 0 Å². The van der Waals surface area contributed by atoms with Crippen LogP contribution >= 0.6 is 0 Å². The molecular weight excluding hydrogens is 216 g/mol. The van der Waals surface area contributed by atoms with Crippen LogP contribution in [0.2, 0.25) is 0 Å². The smallest absolute Gasteiger partial charge is 0.248 e. The molecule has 0 spiro atoms. The van der Waals surface area contributed by atoms with E-state index in [1.807, 2.05) is 4.90 Å². The normalized spacial score (nSPS) is 17.2. The van der Waals surface area contributed by atoms with Gasteiger partial charge in [-0.25, -0.2) is 0 Å². The van der Waals surface area contributed by atoms with E-state index >= 15 is 0 Å². The summed E-state index contributed by atoms with van der Waals surface area (Å²) in [6.45, 7) is 7.67. The molecular formula is C13H26N2O2. The molecule has 0 unspecified atom stereocenters. The monoisotopic (exact) mass is 242 g/mol. The summed E-state index contributed by atoms with van der Waals surface area (Å²) in [5.41, 5.74) is 0. The van der Waals surface area contributed by atoms with Crippen molar-refractivity contribution in [2.75, 3.05) is 32.8 Å². The summed E-state index contributed by atoms with van der Waals surface area (Å²) in [6.07, 6.45) is 4.78. The van der Waals surface area contributed by atoms with Gasteiger partial charge in [0, 0.05) is 25.7 Å². The van der Waals surface area contributed by atoms with Crippen LogP contribution in [0.15, 0.2) is 0 Å². The van der Waals surface area contributed by atoms with Crippen molar-refractivity contribution in [3.05, 3.63) is 0 Å². The lowest BCUT2D eigenvalue weighted by atomic mass is 10.2.